The third-order valence-electron chi connectivity index (χ3n) is 5.27. The van der Waals surface area contributed by atoms with Gasteiger partial charge in [-0.25, -0.2) is 4.68 Å². The minimum Gasteiger partial charge on any atom is -0.392 e. The quantitative estimate of drug-likeness (QED) is 0.626. The number of hydrogen-bond acceptors (Lipinski definition) is 5. The zero-order valence-electron chi connectivity index (χ0n) is 15.8. The average molecular weight is 426 g/mol. The van der Waals surface area contributed by atoms with Gasteiger partial charge in [-0.3, -0.25) is 0 Å². The Labute approximate surface area is 169 Å². The smallest absolute Gasteiger partial charge is 0.392 e. The summed E-state index contributed by atoms with van der Waals surface area (Å²) in [5.41, 5.74) is -0.571. The Morgan fingerprint density at radius 2 is 2.00 bits per heavy atom. The summed E-state index contributed by atoms with van der Waals surface area (Å²) in [5.74, 6) is 0.554. The van der Waals surface area contributed by atoms with Crippen LogP contribution in [-0.4, -0.2) is 44.0 Å². The normalized spacial score (nSPS) is 19.7. The molecule has 0 spiro atoms. The molecule has 29 heavy (non-hydrogen) atoms. The van der Waals surface area contributed by atoms with Gasteiger partial charge in [0, 0.05) is 18.5 Å². The van der Waals surface area contributed by atoms with Crippen LogP contribution in [0.25, 0.3) is 16.7 Å². The highest BCUT2D eigenvalue weighted by atomic mass is 35.5. The van der Waals surface area contributed by atoms with Crippen LogP contribution in [0.2, 0.25) is 5.28 Å². The second-order valence-electron chi connectivity index (χ2n) is 7.87. The number of aromatic nitrogens is 4. The molecule has 3 heterocycles. The molecule has 4 rings (SSSR count). The fourth-order valence-corrected chi connectivity index (χ4v) is 3.80. The van der Waals surface area contributed by atoms with Crippen molar-refractivity contribution in [3.8, 4) is 5.69 Å². The van der Waals surface area contributed by atoms with Gasteiger partial charge in [0.05, 0.1) is 28.9 Å². The van der Waals surface area contributed by atoms with Crippen molar-refractivity contribution in [1.82, 2.24) is 19.7 Å². The minimum atomic E-state index is -4.46. The molecule has 1 N–H and O–H groups in total. The van der Waals surface area contributed by atoms with E-state index in [2.05, 4.69) is 15.1 Å². The van der Waals surface area contributed by atoms with E-state index in [0.29, 0.717) is 36.4 Å². The highest BCUT2D eigenvalue weighted by Crippen LogP contribution is 2.35. The van der Waals surface area contributed by atoms with Crippen LogP contribution in [0.15, 0.2) is 30.5 Å². The zero-order valence-corrected chi connectivity index (χ0v) is 16.5. The van der Waals surface area contributed by atoms with Gasteiger partial charge in [-0.1, -0.05) is 19.9 Å². The summed E-state index contributed by atoms with van der Waals surface area (Å²) in [6.07, 6.45) is -2.80. The lowest BCUT2D eigenvalue weighted by molar-refractivity contribution is -0.137. The molecule has 1 fully saturated rings. The van der Waals surface area contributed by atoms with Crippen molar-refractivity contribution in [3.63, 3.8) is 0 Å². The average Bonchev–Trinajstić information content (AvgIpc) is 3.06. The monoisotopic (exact) mass is 425 g/mol. The second kappa shape index (κ2) is 6.84. The molecule has 0 bridgehead atoms. The van der Waals surface area contributed by atoms with Crippen LogP contribution in [0.5, 0.6) is 0 Å². The summed E-state index contributed by atoms with van der Waals surface area (Å²) in [6, 6.07) is 4.87. The van der Waals surface area contributed by atoms with E-state index in [0.717, 1.165) is 12.1 Å². The number of anilines is 1. The van der Waals surface area contributed by atoms with Crippen LogP contribution in [0.3, 0.4) is 0 Å². The van der Waals surface area contributed by atoms with Crippen molar-refractivity contribution in [1.29, 1.82) is 0 Å². The maximum atomic E-state index is 13.1. The molecule has 6 nitrogen and oxygen atoms in total. The van der Waals surface area contributed by atoms with Crippen LogP contribution in [-0.2, 0) is 6.18 Å². The predicted octanol–water partition coefficient (Wildman–Crippen LogP) is 4.08. The molecule has 154 valence electrons. The number of benzene rings is 1. The lowest BCUT2D eigenvalue weighted by Gasteiger charge is -2.42. The summed E-state index contributed by atoms with van der Waals surface area (Å²) < 4.78 is 40.6. The van der Waals surface area contributed by atoms with Gasteiger partial charge >= 0.3 is 6.18 Å². The van der Waals surface area contributed by atoms with E-state index < -0.39 is 17.8 Å². The molecule has 1 aliphatic heterocycles. The first-order chi connectivity index (χ1) is 13.6. The zero-order chi connectivity index (χ0) is 21.0. The Kier molecular flexibility index (Phi) is 4.70. The maximum absolute atomic E-state index is 13.1. The van der Waals surface area contributed by atoms with Crippen LogP contribution in [0.1, 0.15) is 25.8 Å². The lowest BCUT2D eigenvalue weighted by atomic mass is 9.81. The number of rotatable bonds is 2. The number of halogens is 4. The number of alkyl halides is 3. The summed E-state index contributed by atoms with van der Waals surface area (Å²) >= 11 is 6.14. The number of nitrogens with zero attached hydrogens (tertiary/aromatic N) is 5. The highest BCUT2D eigenvalue weighted by Gasteiger charge is 2.36. The van der Waals surface area contributed by atoms with E-state index >= 15 is 0 Å². The number of aliphatic hydroxyl groups excluding tert-OH is 1. The van der Waals surface area contributed by atoms with Crippen LogP contribution >= 0.6 is 11.6 Å². The molecule has 0 radical (unpaired) electrons. The molecule has 3 aromatic rings. The minimum absolute atomic E-state index is 0.0230. The Hall–Kier alpha value is -2.39. The van der Waals surface area contributed by atoms with E-state index in [-0.39, 0.29) is 16.4 Å². The standard InChI is InChI=1S/C19H19ClF3N5O/c1-18(2)10-27(7-6-14(18)29)15-13-9-24-28(16(13)26-17(20)25-15)12-5-3-4-11(8-12)19(21,22)23/h3-5,8-9,14,29H,6-7,10H2,1-2H3. The van der Waals surface area contributed by atoms with E-state index in [9.17, 15) is 18.3 Å². The third kappa shape index (κ3) is 3.64. The van der Waals surface area contributed by atoms with Gasteiger partial charge < -0.3 is 10.0 Å². The van der Waals surface area contributed by atoms with Crippen molar-refractivity contribution in [3.05, 3.63) is 41.3 Å². The predicted molar refractivity (Wildman–Crippen MR) is 103 cm³/mol. The molecule has 0 amide bonds. The van der Waals surface area contributed by atoms with E-state index in [1.54, 1.807) is 0 Å². The molecular formula is C19H19ClF3N5O. The molecule has 1 aromatic carbocycles. The van der Waals surface area contributed by atoms with Gasteiger partial charge in [0.2, 0.25) is 5.28 Å². The Bertz CT molecular complexity index is 1070. The van der Waals surface area contributed by atoms with Crippen LogP contribution < -0.4 is 4.90 Å². The maximum Gasteiger partial charge on any atom is 0.416 e. The topological polar surface area (TPSA) is 67.1 Å². The first kappa shape index (κ1) is 19.9. The largest absolute Gasteiger partial charge is 0.416 e. The summed E-state index contributed by atoms with van der Waals surface area (Å²) in [4.78, 5) is 10.6. The van der Waals surface area contributed by atoms with Crippen molar-refractivity contribution < 1.29 is 18.3 Å². The van der Waals surface area contributed by atoms with Gasteiger partial charge in [0.25, 0.3) is 0 Å². The van der Waals surface area contributed by atoms with Crippen molar-refractivity contribution >= 4 is 28.5 Å². The number of hydrogen-bond donors (Lipinski definition) is 1. The van der Waals surface area contributed by atoms with Crippen molar-refractivity contribution in [2.45, 2.75) is 32.5 Å². The van der Waals surface area contributed by atoms with Crippen molar-refractivity contribution in [2.75, 3.05) is 18.0 Å². The first-order valence-electron chi connectivity index (χ1n) is 9.08. The van der Waals surface area contributed by atoms with Gasteiger partial charge in [-0.15, -0.1) is 0 Å². The molecule has 1 atom stereocenters. The molecule has 1 aliphatic rings. The number of piperidine rings is 1. The molecule has 0 aliphatic carbocycles. The van der Waals surface area contributed by atoms with Crippen LogP contribution in [0, 0.1) is 5.41 Å². The molecule has 1 unspecified atom stereocenters. The molecule has 1 saturated heterocycles. The van der Waals surface area contributed by atoms with Crippen LogP contribution in [0.4, 0.5) is 19.0 Å². The summed E-state index contributed by atoms with van der Waals surface area (Å²) in [5, 5.41) is 15.0. The van der Waals surface area contributed by atoms with Crippen molar-refractivity contribution in [2.24, 2.45) is 5.41 Å². The van der Waals surface area contributed by atoms with Gasteiger partial charge in [-0.05, 0) is 36.2 Å². The fraction of sp³-hybridized carbons (Fsp3) is 0.421. The molecular weight excluding hydrogens is 407 g/mol. The summed E-state index contributed by atoms with van der Waals surface area (Å²) in [7, 11) is 0. The third-order valence-corrected chi connectivity index (χ3v) is 5.44. The van der Waals surface area contributed by atoms with E-state index in [1.807, 2.05) is 18.7 Å². The Morgan fingerprint density at radius 3 is 2.69 bits per heavy atom. The lowest BCUT2D eigenvalue weighted by Crippen LogP contribution is -2.49. The SMILES string of the molecule is CC1(C)CN(c2nc(Cl)nc3c2cnn3-c2cccc(C(F)(F)F)c2)CCC1O. The number of fused-ring (bicyclic) bond motifs is 1. The second-order valence-corrected chi connectivity index (χ2v) is 8.21. The van der Waals surface area contributed by atoms with Gasteiger partial charge in [-0.2, -0.15) is 28.2 Å². The van der Waals surface area contributed by atoms with Gasteiger partial charge in [0.1, 0.15) is 5.82 Å². The number of aliphatic hydroxyl groups is 1. The molecule has 0 saturated carbocycles. The Morgan fingerprint density at radius 1 is 1.24 bits per heavy atom. The molecule has 10 heteroatoms. The van der Waals surface area contributed by atoms with Gasteiger partial charge in [0.15, 0.2) is 5.65 Å². The Balaban J connectivity index is 1.81. The first-order valence-corrected chi connectivity index (χ1v) is 9.46. The van der Waals surface area contributed by atoms with E-state index in [4.69, 9.17) is 11.6 Å². The fourth-order valence-electron chi connectivity index (χ4n) is 3.64. The highest BCUT2D eigenvalue weighted by molar-refractivity contribution is 6.28. The van der Waals surface area contributed by atoms with E-state index in [1.165, 1.54) is 23.0 Å². The molecule has 2 aromatic heterocycles. The summed E-state index contributed by atoms with van der Waals surface area (Å²) in [6.45, 7) is 5.05.